The molecule has 4 aromatic rings. The van der Waals surface area contributed by atoms with E-state index in [1.807, 2.05) is 39.0 Å². The average Bonchev–Trinajstić information content (AvgIpc) is 3.28. The first-order valence-electron chi connectivity index (χ1n) is 19.0. The molecule has 15 nitrogen and oxygen atoms in total. The Labute approximate surface area is 451 Å². The van der Waals surface area contributed by atoms with Crippen LogP contribution in [0.15, 0.2) is 85.2 Å². The molecule has 1 amide bonds. The zero-order valence-electron chi connectivity index (χ0n) is 35.7. The first-order chi connectivity index (χ1) is 29.5. The predicted octanol–water partition coefficient (Wildman–Crippen LogP) is 8.74. The number of methoxy groups -OCH3 is 2. The summed E-state index contributed by atoms with van der Waals surface area (Å²) < 4.78 is 62.5. The third-order valence-corrected chi connectivity index (χ3v) is 11.0. The molecule has 0 aliphatic rings. The van der Waals surface area contributed by atoms with Crippen LogP contribution in [0.3, 0.4) is 0 Å². The molecule has 0 bridgehead atoms. The summed E-state index contributed by atoms with van der Waals surface area (Å²) in [6, 6.07) is 19.7. The Morgan fingerprint density at radius 2 is 1.12 bits per heavy atom. The van der Waals surface area contributed by atoms with Crippen LogP contribution in [0, 0.1) is 0 Å². The van der Waals surface area contributed by atoms with Crippen molar-refractivity contribution in [1.29, 1.82) is 0 Å². The van der Waals surface area contributed by atoms with Gasteiger partial charge in [-0.3, -0.25) is 14.2 Å². The Bertz CT molecular complexity index is 2100. The number of carbonyl (C=O) groups is 2. The molecule has 2 aromatic carbocycles. The monoisotopic (exact) mass is 1610 g/mol. The van der Waals surface area contributed by atoms with Crippen LogP contribution in [0.2, 0.25) is 0 Å². The number of aromatic carboxylic acids is 1. The molecule has 0 spiro atoms. The summed E-state index contributed by atoms with van der Waals surface area (Å²) in [6.07, 6.45) is 7.65. The summed E-state index contributed by atoms with van der Waals surface area (Å²) in [7, 11) is -3.83. The second kappa shape index (κ2) is 39.0. The molecular formula is C41H61I6N6O9S2-. The summed E-state index contributed by atoms with van der Waals surface area (Å²) in [5.41, 5.74) is 8.32. The fourth-order valence-electron chi connectivity index (χ4n) is 4.98. The Balaban J connectivity index is -0.000000883. The molecule has 2 heterocycles. The molecule has 0 radical (unpaired) electrons. The molecule has 364 valence electrons. The number of nitrogens with one attached hydrogen (secondary N) is 3. The number of sulfonamides is 2. The number of hydrogen-bond acceptors (Lipinski definition) is 11. The molecule has 23 heteroatoms. The fraction of sp³-hybridized carbons (Fsp3) is 0.415. The van der Waals surface area contributed by atoms with Gasteiger partial charge in [0.15, 0.2) is 0 Å². The number of carboxylic acids is 1. The molecule has 4 rings (SSSR count). The Kier molecular flexibility index (Phi) is 41.1. The van der Waals surface area contributed by atoms with Gasteiger partial charge in [0.1, 0.15) is 0 Å². The van der Waals surface area contributed by atoms with Gasteiger partial charge in [0.05, 0.1) is 54.3 Å². The van der Waals surface area contributed by atoms with Crippen molar-refractivity contribution in [2.45, 2.75) is 85.7 Å². The quantitative estimate of drug-likeness (QED) is 0.0555. The third kappa shape index (κ3) is 27.8. The maximum atomic E-state index is 12.8. The zero-order valence-corrected chi connectivity index (χ0v) is 50.4. The van der Waals surface area contributed by atoms with Crippen molar-refractivity contribution in [1.82, 2.24) is 15.3 Å². The van der Waals surface area contributed by atoms with E-state index in [1.54, 1.807) is 69.1 Å². The van der Waals surface area contributed by atoms with Crippen molar-refractivity contribution in [3.63, 3.8) is 0 Å². The number of para-hydroxylation sites is 2. The number of aromatic nitrogens is 2. The van der Waals surface area contributed by atoms with E-state index in [2.05, 4.69) is 106 Å². The second-order valence-electron chi connectivity index (χ2n) is 12.7. The van der Waals surface area contributed by atoms with Gasteiger partial charge in [-0.05, 0) is 61.1 Å². The van der Waals surface area contributed by atoms with Gasteiger partial charge in [-0.1, -0.05) is 84.4 Å². The number of nitrogens with two attached hydrogens (primary N) is 1. The van der Waals surface area contributed by atoms with Crippen LogP contribution < -0.4 is 43.2 Å². The summed E-state index contributed by atoms with van der Waals surface area (Å²) in [6.45, 7) is 7.82. The van der Waals surface area contributed by atoms with Crippen LogP contribution >= 0.6 is 98.4 Å². The molecule has 0 saturated carbocycles. The number of anilines is 2. The van der Waals surface area contributed by atoms with E-state index in [0.29, 0.717) is 44.3 Å². The van der Waals surface area contributed by atoms with E-state index < -0.39 is 26.0 Å². The summed E-state index contributed by atoms with van der Waals surface area (Å²) in [5, 5.41) is 11.9. The molecule has 1 unspecified atom stereocenters. The summed E-state index contributed by atoms with van der Waals surface area (Å²) in [5.74, 6) is -0.361. The molecule has 0 saturated heterocycles. The van der Waals surface area contributed by atoms with Gasteiger partial charge < -0.3 is 25.6 Å². The second-order valence-corrected chi connectivity index (χ2v) is 32.6. The molecule has 2 aromatic heterocycles. The van der Waals surface area contributed by atoms with Crippen LogP contribution in [-0.4, -0.2) is 69.5 Å². The van der Waals surface area contributed by atoms with Gasteiger partial charge in [-0.25, -0.2) is 31.6 Å². The van der Waals surface area contributed by atoms with Gasteiger partial charge in [0, 0.05) is 67.8 Å². The summed E-state index contributed by atoms with van der Waals surface area (Å²) >= 11 is 9.54. The molecule has 6 N–H and O–H groups in total. The van der Waals surface area contributed by atoms with Gasteiger partial charge >= 0.3 is 56.5 Å². The average molecular weight is 1610 g/mol. The number of unbranched alkanes of at least 4 members (excludes halogenated alkanes) is 2. The number of nitrogens with zero attached hydrogens (tertiary/aromatic N) is 2. The van der Waals surface area contributed by atoms with E-state index in [0.717, 1.165) is 30.4 Å². The van der Waals surface area contributed by atoms with Crippen molar-refractivity contribution in [2.75, 3.05) is 35.2 Å². The maximum absolute atomic E-state index is 12.8. The fourth-order valence-corrected chi connectivity index (χ4v) is 7.55. The number of carbonyl (C=O) groups excluding carboxylic acids is 1. The van der Waals surface area contributed by atoms with E-state index in [-0.39, 0.29) is 83.4 Å². The van der Waals surface area contributed by atoms with Gasteiger partial charge in [-0.15, -0.1) is 24.0 Å². The first kappa shape index (κ1) is 67.4. The number of amides is 1. The van der Waals surface area contributed by atoms with Crippen molar-refractivity contribution in [3.8, 4) is 11.8 Å². The zero-order chi connectivity index (χ0) is 47.1. The van der Waals surface area contributed by atoms with Gasteiger partial charge in [-0.2, -0.15) is 0 Å². The van der Waals surface area contributed by atoms with E-state index in [1.165, 1.54) is 12.1 Å². The van der Waals surface area contributed by atoms with Crippen molar-refractivity contribution in [2.24, 2.45) is 5.73 Å². The van der Waals surface area contributed by atoms with Crippen LogP contribution in [0.5, 0.6) is 11.8 Å². The third-order valence-electron chi connectivity index (χ3n) is 8.31. The number of carboxylic acid groups (broad SMARTS) is 1. The Morgan fingerprint density at radius 3 is 1.48 bits per heavy atom. The van der Waals surface area contributed by atoms with Crippen molar-refractivity contribution >= 4 is 142 Å². The van der Waals surface area contributed by atoms with Gasteiger partial charge in [0.25, 0.3) is 5.91 Å². The van der Waals surface area contributed by atoms with Crippen LogP contribution in [-0.2, 0) is 20.0 Å². The molecule has 0 aliphatic heterocycles. The normalized spacial score (nSPS) is 11.1. The number of pyridine rings is 2. The molecular weight excluding hydrogens is 1550 g/mol. The molecule has 0 aliphatic carbocycles. The molecule has 2 atom stereocenters. The first-order valence-corrected chi connectivity index (χ1v) is 41.2. The van der Waals surface area contributed by atoms with E-state index in [9.17, 15) is 26.4 Å². The minimum absolute atomic E-state index is 0. The van der Waals surface area contributed by atoms with E-state index >= 15 is 0 Å². The SMILES string of the molecule is C.CCC(N)c1ccc(OC)nc1.CCCCS(=O)(=O)Nc1ccccc1C(=O)N[C@H](CC)c1ccc(OC)nc1.CCCCS(=O)(=O)Nc1ccccc1C(=O)O.I.II.I[I-]I. The number of benzene rings is 2. The van der Waals surface area contributed by atoms with Crippen LogP contribution in [0.25, 0.3) is 0 Å². The topological polar surface area (TPSA) is 229 Å². The van der Waals surface area contributed by atoms with Crippen LogP contribution in [0.4, 0.5) is 11.4 Å². The van der Waals surface area contributed by atoms with Gasteiger partial charge in [0.2, 0.25) is 31.8 Å². The molecule has 64 heavy (non-hydrogen) atoms. The number of rotatable bonds is 19. The standard InChI is InChI=1S/C20H27N3O4S.C11H15NO4S.C9H14N2O.CH4.I3.I2.HI/c1-4-6-13-28(25,26)23-18-10-8-7-9-16(18)20(24)22-17(5-2)15-11-12-19(27-3)21-14-15;1-2-3-8-17(15,16)12-10-7-5-4-6-9(10)11(13)14;1-3-8(10)7-4-5-9(12-2)11-6-7;;1-3-2;1-2;/h7-12,14,17,23H,4-6,13H2,1-3H3,(H,22,24);4-7,12H,2-3,8H2,1H3,(H,13,14);4-6,8H,3,10H2,1-2H3;1H4;;;1H/q;;;;-1;;/t17-;;;;;;/m1....../s1. The summed E-state index contributed by atoms with van der Waals surface area (Å²) in [4.78, 5) is 32.0. The van der Waals surface area contributed by atoms with Crippen molar-refractivity contribution < 1.29 is 54.3 Å². The van der Waals surface area contributed by atoms with E-state index in [4.69, 9.17) is 20.3 Å². The minimum atomic E-state index is -3.50. The Morgan fingerprint density at radius 1 is 0.719 bits per heavy atom. The van der Waals surface area contributed by atoms with Crippen LogP contribution in [0.1, 0.15) is 118 Å². The Hall–Kier alpha value is -0.880. The van der Waals surface area contributed by atoms with Crippen molar-refractivity contribution in [3.05, 3.63) is 107 Å². The predicted molar refractivity (Wildman–Crippen MR) is 302 cm³/mol. The number of ether oxygens (including phenoxy) is 2. The number of hydrogen-bond donors (Lipinski definition) is 5. The number of halogens is 6. The molecule has 0 fully saturated rings.